The number of carbonyl (C=O) groups is 1. The second-order valence-corrected chi connectivity index (χ2v) is 8.40. The van der Waals surface area contributed by atoms with Crippen molar-refractivity contribution in [2.75, 3.05) is 32.6 Å². The van der Waals surface area contributed by atoms with E-state index >= 15 is 8.78 Å². The van der Waals surface area contributed by atoms with E-state index in [-0.39, 0.29) is 39.8 Å². The second kappa shape index (κ2) is 10.3. The van der Waals surface area contributed by atoms with Crippen LogP contribution in [0.4, 0.5) is 19.5 Å². The number of aromatic nitrogens is 4. The molecule has 1 aliphatic rings. The summed E-state index contributed by atoms with van der Waals surface area (Å²) in [4.78, 5) is 30.6. The van der Waals surface area contributed by atoms with Gasteiger partial charge >= 0.3 is 6.09 Å². The highest BCUT2D eigenvalue weighted by atomic mass is 19.1. The van der Waals surface area contributed by atoms with Gasteiger partial charge in [0.05, 0.1) is 31.7 Å². The van der Waals surface area contributed by atoms with Crippen molar-refractivity contribution in [3.63, 3.8) is 0 Å². The Morgan fingerprint density at radius 3 is 2.35 bits per heavy atom. The molecule has 1 aliphatic heterocycles. The molecule has 1 amide bonds. The normalized spacial score (nSPS) is 13.6. The molecule has 2 N–H and O–H groups in total. The zero-order valence-electron chi connectivity index (χ0n) is 20.2. The Morgan fingerprint density at radius 1 is 1.00 bits per heavy atom. The van der Waals surface area contributed by atoms with Gasteiger partial charge in [-0.2, -0.15) is 0 Å². The third-order valence-corrected chi connectivity index (χ3v) is 6.08. The van der Waals surface area contributed by atoms with E-state index in [0.717, 1.165) is 24.8 Å². The van der Waals surface area contributed by atoms with Crippen LogP contribution in [0.15, 0.2) is 36.8 Å². The lowest BCUT2D eigenvalue weighted by atomic mass is 10.0. The number of amides is 1. The number of H-pyrrole nitrogens is 1. The van der Waals surface area contributed by atoms with Gasteiger partial charge in [-0.15, -0.1) is 0 Å². The van der Waals surface area contributed by atoms with Gasteiger partial charge in [-0.05, 0) is 38.1 Å². The highest BCUT2D eigenvalue weighted by Crippen LogP contribution is 2.41. The number of anilines is 1. The molecule has 0 aliphatic carbocycles. The van der Waals surface area contributed by atoms with Crippen molar-refractivity contribution in [1.82, 2.24) is 24.8 Å². The fraction of sp³-hybridized carbons (Fsp3) is 0.280. The molecule has 3 heterocycles. The largest absolute Gasteiger partial charge is 0.494 e. The fourth-order valence-corrected chi connectivity index (χ4v) is 4.35. The molecule has 0 spiro atoms. The number of hydrogen-bond donors (Lipinski definition) is 2. The van der Waals surface area contributed by atoms with Crippen molar-refractivity contribution >= 4 is 23.1 Å². The first-order valence-corrected chi connectivity index (χ1v) is 11.6. The summed E-state index contributed by atoms with van der Waals surface area (Å²) in [5, 5.41) is 2.55. The highest BCUT2D eigenvalue weighted by Gasteiger charge is 2.25. The number of nitrogens with one attached hydrogen (secondary N) is 2. The lowest BCUT2D eigenvalue weighted by molar-refractivity contribution is 0.215. The number of benzene rings is 2. The minimum atomic E-state index is -0.929. The predicted molar refractivity (Wildman–Crippen MR) is 131 cm³/mol. The summed E-state index contributed by atoms with van der Waals surface area (Å²) in [5.41, 5.74) is 0.798. The summed E-state index contributed by atoms with van der Waals surface area (Å²) >= 11 is 0. The minimum absolute atomic E-state index is 0.0453. The molecule has 5 rings (SSSR count). The van der Waals surface area contributed by atoms with Crippen LogP contribution in [0.2, 0.25) is 0 Å². The predicted octanol–water partition coefficient (Wildman–Crippen LogP) is 4.52. The molecule has 0 radical (unpaired) electrons. The van der Waals surface area contributed by atoms with Crippen molar-refractivity contribution in [3.8, 4) is 28.4 Å². The zero-order chi connectivity index (χ0) is 25.9. The van der Waals surface area contributed by atoms with Gasteiger partial charge in [0.25, 0.3) is 0 Å². The molecule has 0 saturated carbocycles. The number of carbonyl (C=O) groups excluding carboxylic acids is 1. The average molecular weight is 511 g/mol. The highest BCUT2D eigenvalue weighted by molar-refractivity contribution is 5.97. The van der Waals surface area contributed by atoms with Gasteiger partial charge in [-0.1, -0.05) is 0 Å². The quantitative estimate of drug-likeness (QED) is 0.373. The molecule has 192 valence electrons. The van der Waals surface area contributed by atoms with E-state index in [1.807, 2.05) is 0 Å². The first-order valence-electron chi connectivity index (χ1n) is 11.6. The standard InChI is InChI=1S/C25H24F2N6O4/c1-35-17-11-18(36-2)21(27)19(20(17)26)15-5-6-16(23-22(15)28-7-8-29-23)37-25(34)32-24-30-12-14(31-24)13-33-9-3-4-10-33/h5-8,11-12H,3-4,9-10,13H2,1-2H3,(H2,30,31,32,34). The van der Waals surface area contributed by atoms with E-state index in [1.54, 1.807) is 6.20 Å². The van der Waals surface area contributed by atoms with E-state index in [2.05, 4.69) is 30.2 Å². The molecule has 2 aromatic carbocycles. The summed E-state index contributed by atoms with van der Waals surface area (Å²) in [5.74, 6) is -1.98. The van der Waals surface area contributed by atoms with Crippen LogP contribution in [0.5, 0.6) is 17.2 Å². The maximum Gasteiger partial charge on any atom is 0.419 e. The lowest BCUT2D eigenvalue weighted by Gasteiger charge is -2.15. The Morgan fingerprint density at radius 2 is 1.68 bits per heavy atom. The van der Waals surface area contributed by atoms with Gasteiger partial charge in [-0.3, -0.25) is 15.2 Å². The number of nitrogens with zero attached hydrogens (tertiary/aromatic N) is 4. The summed E-state index contributed by atoms with van der Waals surface area (Å²) < 4.78 is 45.9. The number of halogens is 2. The Bertz CT molecular complexity index is 1430. The van der Waals surface area contributed by atoms with E-state index in [9.17, 15) is 4.79 Å². The molecule has 0 bridgehead atoms. The number of rotatable bonds is 7. The topological polar surface area (TPSA) is 114 Å². The summed E-state index contributed by atoms with van der Waals surface area (Å²) in [7, 11) is 2.53. The van der Waals surface area contributed by atoms with Crippen LogP contribution < -0.4 is 19.5 Å². The Kier molecular flexibility index (Phi) is 6.82. The third kappa shape index (κ3) is 4.87. The van der Waals surface area contributed by atoms with Crippen LogP contribution >= 0.6 is 0 Å². The van der Waals surface area contributed by atoms with Crippen molar-refractivity contribution < 1.29 is 27.8 Å². The molecule has 0 atom stereocenters. The number of aromatic amines is 1. The van der Waals surface area contributed by atoms with Gasteiger partial charge in [0, 0.05) is 30.6 Å². The molecule has 1 saturated heterocycles. The monoisotopic (exact) mass is 510 g/mol. The number of methoxy groups -OCH3 is 2. The van der Waals surface area contributed by atoms with E-state index in [0.29, 0.717) is 6.54 Å². The molecule has 37 heavy (non-hydrogen) atoms. The van der Waals surface area contributed by atoms with Crippen molar-refractivity contribution in [2.24, 2.45) is 0 Å². The van der Waals surface area contributed by atoms with Crippen LogP contribution in [-0.2, 0) is 6.54 Å². The van der Waals surface area contributed by atoms with Gasteiger partial charge < -0.3 is 19.2 Å². The second-order valence-electron chi connectivity index (χ2n) is 8.40. The third-order valence-electron chi connectivity index (χ3n) is 6.08. The number of ether oxygens (including phenoxy) is 3. The van der Waals surface area contributed by atoms with Crippen LogP contribution in [0.1, 0.15) is 18.5 Å². The fourth-order valence-electron chi connectivity index (χ4n) is 4.35. The van der Waals surface area contributed by atoms with Crippen LogP contribution in [0, 0.1) is 11.6 Å². The molecule has 10 nitrogen and oxygen atoms in total. The number of imidazole rings is 1. The minimum Gasteiger partial charge on any atom is -0.494 e. The number of likely N-dealkylation sites (tertiary alicyclic amines) is 1. The Labute approximate surface area is 210 Å². The number of hydrogen-bond acceptors (Lipinski definition) is 8. The molecular weight excluding hydrogens is 486 g/mol. The molecule has 4 aromatic rings. The van der Waals surface area contributed by atoms with Gasteiger partial charge in [-0.25, -0.2) is 23.5 Å². The molecule has 0 unspecified atom stereocenters. The number of fused-ring (bicyclic) bond motifs is 1. The first-order chi connectivity index (χ1) is 18.0. The zero-order valence-corrected chi connectivity index (χ0v) is 20.2. The van der Waals surface area contributed by atoms with E-state index in [1.165, 1.54) is 51.6 Å². The van der Waals surface area contributed by atoms with Crippen molar-refractivity contribution in [3.05, 3.63) is 54.1 Å². The van der Waals surface area contributed by atoms with Crippen LogP contribution in [0.3, 0.4) is 0 Å². The maximum absolute atomic E-state index is 15.2. The van der Waals surface area contributed by atoms with E-state index in [4.69, 9.17) is 14.2 Å². The first kappa shape index (κ1) is 24.4. The van der Waals surface area contributed by atoms with Crippen LogP contribution in [0.25, 0.3) is 22.2 Å². The SMILES string of the molecule is COc1cc(OC)c(F)c(-c2ccc(OC(=O)Nc3ncc(CN4CCCC4)[nH]3)c3nccnc23)c1F. The molecule has 1 fully saturated rings. The molecule has 12 heteroatoms. The van der Waals surface area contributed by atoms with Crippen molar-refractivity contribution in [2.45, 2.75) is 19.4 Å². The maximum atomic E-state index is 15.2. The van der Waals surface area contributed by atoms with Crippen molar-refractivity contribution in [1.29, 1.82) is 0 Å². The van der Waals surface area contributed by atoms with E-state index < -0.39 is 23.3 Å². The van der Waals surface area contributed by atoms with Crippen LogP contribution in [-0.4, -0.2) is 58.2 Å². The molecule has 2 aromatic heterocycles. The van der Waals surface area contributed by atoms with Gasteiger partial charge in [0.2, 0.25) is 5.95 Å². The lowest BCUT2D eigenvalue weighted by Crippen LogP contribution is -2.19. The summed E-state index contributed by atoms with van der Waals surface area (Å²) in [6.07, 6.45) is 5.94. The van der Waals surface area contributed by atoms with Gasteiger partial charge in [0.1, 0.15) is 11.0 Å². The summed E-state index contributed by atoms with van der Waals surface area (Å²) in [6.45, 7) is 2.78. The Hall–Kier alpha value is -4.32. The smallest absolute Gasteiger partial charge is 0.419 e. The molecular formula is C25H24F2N6O4. The Balaban J connectivity index is 1.42. The average Bonchev–Trinajstić information content (AvgIpc) is 3.58. The summed E-state index contributed by atoms with van der Waals surface area (Å²) in [6, 6.07) is 3.90. The van der Waals surface area contributed by atoms with Gasteiger partial charge in [0.15, 0.2) is 28.9 Å².